The van der Waals surface area contributed by atoms with E-state index in [0.29, 0.717) is 29.7 Å². The first-order valence-corrected chi connectivity index (χ1v) is 15.1. The average Bonchev–Trinajstić information content (AvgIpc) is 3.58. The number of hydrogen-bond donors (Lipinski definition) is 1. The number of aromatic nitrogens is 2. The number of hydrogen-bond acceptors (Lipinski definition) is 6. The van der Waals surface area contributed by atoms with E-state index in [0.717, 1.165) is 61.7 Å². The van der Waals surface area contributed by atoms with Crippen LogP contribution in [0.15, 0.2) is 42.5 Å². The van der Waals surface area contributed by atoms with Gasteiger partial charge in [0.1, 0.15) is 29.9 Å². The van der Waals surface area contributed by atoms with E-state index in [1.165, 1.54) is 6.07 Å². The lowest BCUT2D eigenvalue weighted by atomic mass is 9.93. The fraction of sp³-hybridized carbons (Fsp3) is 0.455. The molecule has 2 unspecified atom stereocenters. The molecular weight excluding hydrogens is 539 g/mol. The Morgan fingerprint density at radius 3 is 2.69 bits per heavy atom. The summed E-state index contributed by atoms with van der Waals surface area (Å²) >= 11 is 0. The van der Waals surface area contributed by atoms with E-state index >= 15 is 8.78 Å². The molecule has 6 nitrogen and oxygen atoms in total. The van der Waals surface area contributed by atoms with Crippen molar-refractivity contribution >= 4 is 27.5 Å². The van der Waals surface area contributed by atoms with E-state index in [2.05, 4.69) is 20.1 Å². The summed E-state index contributed by atoms with van der Waals surface area (Å²) in [6.45, 7) is 5.02. The molecule has 5 heterocycles. The first kappa shape index (κ1) is 26.2. The number of halogens is 3. The number of rotatable bonds is 5. The maximum Gasteiger partial charge on any atom is 0.319 e. The number of anilines is 1. The molecular formula is C33H36F3N5O. The minimum absolute atomic E-state index is 0. The third-order valence-corrected chi connectivity index (χ3v) is 10.1. The van der Waals surface area contributed by atoms with Gasteiger partial charge in [0, 0.05) is 45.0 Å². The molecule has 42 heavy (non-hydrogen) atoms. The molecule has 0 spiro atoms. The van der Waals surface area contributed by atoms with Gasteiger partial charge in [0.05, 0.1) is 11.1 Å². The van der Waals surface area contributed by atoms with Gasteiger partial charge >= 0.3 is 6.01 Å². The van der Waals surface area contributed by atoms with Crippen LogP contribution in [0.4, 0.5) is 19.0 Å². The number of nitrogens with zero attached hydrogens (tertiary/aromatic N) is 4. The van der Waals surface area contributed by atoms with Crippen LogP contribution < -0.4 is 15.0 Å². The number of alkyl halides is 1. The Morgan fingerprint density at radius 2 is 1.88 bits per heavy atom. The molecule has 4 fully saturated rings. The van der Waals surface area contributed by atoms with Crippen LogP contribution in [0.3, 0.4) is 0 Å². The maximum absolute atomic E-state index is 16.7. The molecule has 0 saturated carbocycles. The molecule has 0 radical (unpaired) electrons. The fourth-order valence-corrected chi connectivity index (χ4v) is 8.18. The summed E-state index contributed by atoms with van der Waals surface area (Å²) in [7, 11) is 0. The molecule has 4 atom stereocenters. The van der Waals surface area contributed by atoms with Crippen LogP contribution >= 0.6 is 0 Å². The Bertz CT molecular complexity index is 1700. The zero-order valence-corrected chi connectivity index (χ0v) is 23.7. The van der Waals surface area contributed by atoms with Gasteiger partial charge in [-0.25, -0.2) is 13.2 Å². The van der Waals surface area contributed by atoms with E-state index in [4.69, 9.17) is 9.72 Å². The van der Waals surface area contributed by atoms with Crippen molar-refractivity contribution in [2.45, 2.75) is 62.8 Å². The highest BCUT2D eigenvalue weighted by Crippen LogP contribution is 2.43. The summed E-state index contributed by atoms with van der Waals surface area (Å²) in [5, 5.41) is 5.55. The van der Waals surface area contributed by atoms with Crippen molar-refractivity contribution < 1.29 is 19.3 Å². The summed E-state index contributed by atoms with van der Waals surface area (Å²) in [4.78, 5) is 13.8. The number of benzene rings is 3. The number of piperazine rings is 1. The zero-order valence-electron chi connectivity index (χ0n) is 23.7. The topological polar surface area (TPSA) is 53.5 Å². The first-order chi connectivity index (χ1) is 20.4. The summed E-state index contributed by atoms with van der Waals surface area (Å²) in [5.74, 6) is -0.850. The third kappa shape index (κ3) is 4.00. The Labute approximate surface area is 244 Å². The van der Waals surface area contributed by atoms with Gasteiger partial charge in [0.2, 0.25) is 0 Å². The molecule has 4 aromatic rings. The van der Waals surface area contributed by atoms with E-state index < -0.39 is 17.8 Å². The van der Waals surface area contributed by atoms with E-state index in [1.54, 1.807) is 6.07 Å². The van der Waals surface area contributed by atoms with Crippen LogP contribution in [0.25, 0.3) is 32.8 Å². The molecule has 8 rings (SSSR count). The van der Waals surface area contributed by atoms with E-state index in [9.17, 15) is 4.39 Å². The van der Waals surface area contributed by atoms with Crippen molar-refractivity contribution in [1.82, 2.24) is 20.2 Å². The quantitative estimate of drug-likeness (QED) is 0.307. The van der Waals surface area contributed by atoms with Crippen LogP contribution in [-0.2, 0) is 0 Å². The molecule has 1 aromatic heterocycles. The molecule has 4 aliphatic rings. The summed E-state index contributed by atoms with van der Waals surface area (Å²) in [5.41, 5.74) is 0.991. The van der Waals surface area contributed by atoms with Crippen LogP contribution in [0.5, 0.6) is 6.01 Å². The minimum Gasteiger partial charge on any atom is -0.461 e. The second-order valence-electron chi connectivity index (χ2n) is 12.6. The summed E-state index contributed by atoms with van der Waals surface area (Å²) in [6, 6.07) is 13.2. The van der Waals surface area contributed by atoms with Gasteiger partial charge in [0.25, 0.3) is 0 Å². The van der Waals surface area contributed by atoms with Crippen molar-refractivity contribution in [3.63, 3.8) is 0 Å². The van der Waals surface area contributed by atoms with Gasteiger partial charge in [-0.3, -0.25) is 4.90 Å². The smallest absolute Gasteiger partial charge is 0.319 e. The van der Waals surface area contributed by atoms with Crippen LogP contribution in [0, 0.1) is 18.6 Å². The second kappa shape index (κ2) is 9.81. The van der Waals surface area contributed by atoms with E-state index in [-0.39, 0.29) is 42.7 Å². The monoisotopic (exact) mass is 575 g/mol. The second-order valence-corrected chi connectivity index (χ2v) is 12.6. The Kier molecular flexibility index (Phi) is 6.12. The van der Waals surface area contributed by atoms with Gasteiger partial charge in [-0.1, -0.05) is 36.4 Å². The first-order valence-electron chi connectivity index (χ1n) is 15.1. The molecule has 3 aromatic carbocycles. The molecule has 2 bridgehead atoms. The highest BCUT2D eigenvalue weighted by Gasteiger charge is 2.49. The van der Waals surface area contributed by atoms with Crippen molar-refractivity contribution in [2.24, 2.45) is 0 Å². The van der Waals surface area contributed by atoms with Gasteiger partial charge < -0.3 is 15.0 Å². The number of nitrogens with one attached hydrogen (secondary N) is 1. The standard InChI is InChI=1S/C33H34F3N5O.H2/c1-19-5-2-6-20-7-3-8-24(27(19)20)28-26(35)13-25-30(29(28)36)38-32(39-31(25)41-22-9-10-23(41)16-37-15-22)42-18-33-11-4-12-40(33)17-21(34)14-33;/h2-3,5-8,13,21-23,37H,4,9-12,14-18H2,1H3;1H/t21-,22?,23?,33+;/m1./s1. The van der Waals surface area contributed by atoms with Crippen LogP contribution in [0.2, 0.25) is 0 Å². The summed E-state index contributed by atoms with van der Waals surface area (Å²) < 4.78 is 53.6. The lowest BCUT2D eigenvalue weighted by Crippen LogP contribution is -2.52. The van der Waals surface area contributed by atoms with Crippen molar-refractivity contribution in [1.29, 1.82) is 0 Å². The highest BCUT2D eigenvalue weighted by atomic mass is 19.1. The van der Waals surface area contributed by atoms with E-state index in [1.807, 2.05) is 37.3 Å². The van der Waals surface area contributed by atoms with Crippen LogP contribution in [0.1, 0.15) is 39.1 Å². The molecule has 0 amide bonds. The van der Waals surface area contributed by atoms with Crippen LogP contribution in [-0.4, -0.2) is 71.4 Å². The fourth-order valence-electron chi connectivity index (χ4n) is 8.18. The molecule has 4 saturated heterocycles. The number of fused-ring (bicyclic) bond motifs is 5. The maximum atomic E-state index is 16.7. The van der Waals surface area contributed by atoms with Gasteiger partial charge in [0.15, 0.2) is 5.82 Å². The minimum atomic E-state index is -0.884. The van der Waals surface area contributed by atoms with Crippen molar-refractivity contribution in [2.75, 3.05) is 37.7 Å². The van der Waals surface area contributed by atoms with Gasteiger partial charge in [-0.2, -0.15) is 9.97 Å². The number of aryl methyl sites for hydroxylation is 1. The molecule has 1 N–H and O–H groups in total. The van der Waals surface area contributed by atoms with Crippen molar-refractivity contribution in [3.05, 3.63) is 59.7 Å². The number of ether oxygens (including phenoxy) is 1. The largest absolute Gasteiger partial charge is 0.461 e. The predicted octanol–water partition coefficient (Wildman–Crippen LogP) is 6.18. The predicted molar refractivity (Wildman–Crippen MR) is 160 cm³/mol. The summed E-state index contributed by atoms with van der Waals surface area (Å²) in [6.07, 6.45) is 3.33. The van der Waals surface area contributed by atoms with Gasteiger partial charge in [-0.05, 0) is 67.1 Å². The normalized spacial score (nSPS) is 27.3. The molecule has 4 aliphatic heterocycles. The lowest BCUT2D eigenvalue weighted by Gasteiger charge is -2.37. The molecule has 220 valence electrons. The highest BCUT2D eigenvalue weighted by molar-refractivity contribution is 6.02. The average molecular weight is 576 g/mol. The lowest BCUT2D eigenvalue weighted by molar-refractivity contribution is 0.107. The SMILES string of the molecule is Cc1cccc2cccc(-c3c(F)cc4c(N5C6CCC5CNC6)nc(OC[C@@]56CCCN5C[C@H](F)C6)nc4c3F)c12.[HH]. The third-order valence-electron chi connectivity index (χ3n) is 10.1. The van der Waals surface area contributed by atoms with Crippen molar-refractivity contribution in [3.8, 4) is 17.1 Å². The molecule has 9 heteroatoms. The zero-order chi connectivity index (χ0) is 28.6. The molecule has 0 aliphatic carbocycles. The Morgan fingerprint density at radius 1 is 1.10 bits per heavy atom. The van der Waals surface area contributed by atoms with Gasteiger partial charge in [-0.15, -0.1) is 0 Å². The Balaban J connectivity index is 0.00000300. The Hall–Kier alpha value is -3.43.